The van der Waals surface area contributed by atoms with Gasteiger partial charge in [0.15, 0.2) is 0 Å². The van der Waals surface area contributed by atoms with Gasteiger partial charge < -0.3 is 5.32 Å². The summed E-state index contributed by atoms with van der Waals surface area (Å²) in [5.41, 5.74) is 0.639. The highest BCUT2D eigenvalue weighted by molar-refractivity contribution is 4.91. The molecule has 4 nitrogen and oxygen atoms in total. The van der Waals surface area contributed by atoms with Gasteiger partial charge in [0.1, 0.15) is 0 Å². The van der Waals surface area contributed by atoms with Crippen molar-refractivity contribution in [3.05, 3.63) is 22.0 Å². The summed E-state index contributed by atoms with van der Waals surface area (Å²) >= 11 is 0. The van der Waals surface area contributed by atoms with Crippen LogP contribution in [0.4, 0.5) is 0 Å². The molecule has 52 valence electrons. The molecule has 0 bridgehead atoms. The number of nitro groups is 1. The first-order valence-electron chi connectivity index (χ1n) is 2.72. The van der Waals surface area contributed by atoms with Gasteiger partial charge in [-0.05, 0) is 6.42 Å². The molecule has 1 N–H and O–H groups in total. The van der Waals surface area contributed by atoms with Gasteiger partial charge in [-0.15, -0.1) is 0 Å². The van der Waals surface area contributed by atoms with Gasteiger partial charge in [0, 0.05) is 7.05 Å². The van der Waals surface area contributed by atoms with Gasteiger partial charge in [-0.1, -0.05) is 6.92 Å². The zero-order valence-electron chi connectivity index (χ0n) is 5.55. The summed E-state index contributed by atoms with van der Waals surface area (Å²) in [5.74, 6) is 0. The lowest BCUT2D eigenvalue weighted by Crippen LogP contribution is -2.06. The number of rotatable bonds is 3. The van der Waals surface area contributed by atoms with E-state index in [0.29, 0.717) is 12.1 Å². The van der Waals surface area contributed by atoms with Crippen LogP contribution in [0.3, 0.4) is 0 Å². The molecule has 0 radical (unpaired) electrons. The van der Waals surface area contributed by atoms with E-state index in [1.807, 2.05) is 6.92 Å². The molecule has 0 saturated heterocycles. The van der Waals surface area contributed by atoms with Crippen molar-refractivity contribution in [3.8, 4) is 0 Å². The molecule has 0 aliphatic carbocycles. The molecule has 0 aliphatic rings. The maximum absolute atomic E-state index is 9.82. The van der Waals surface area contributed by atoms with Crippen molar-refractivity contribution in [2.75, 3.05) is 7.05 Å². The normalized spacial score (nSPS) is 11.1. The molecular formula is C5H10N2O2. The molecule has 0 saturated carbocycles. The van der Waals surface area contributed by atoms with Crippen LogP contribution in [0.1, 0.15) is 13.3 Å². The Morgan fingerprint density at radius 3 is 2.56 bits per heavy atom. The SMILES string of the molecule is CC/C(=C\[N+](=O)[O-])NC. The summed E-state index contributed by atoms with van der Waals surface area (Å²) in [4.78, 5) is 9.35. The molecule has 0 aromatic carbocycles. The van der Waals surface area contributed by atoms with Gasteiger partial charge in [0.05, 0.1) is 10.6 Å². The Morgan fingerprint density at radius 2 is 2.44 bits per heavy atom. The molecule has 0 aromatic rings. The fourth-order valence-electron chi connectivity index (χ4n) is 0.460. The third-order valence-corrected chi connectivity index (χ3v) is 0.963. The third kappa shape index (κ3) is 3.52. The van der Waals surface area contributed by atoms with E-state index < -0.39 is 4.92 Å². The number of hydrogen-bond acceptors (Lipinski definition) is 3. The predicted molar refractivity (Wildman–Crippen MR) is 34.4 cm³/mol. The second-order valence-corrected chi connectivity index (χ2v) is 1.54. The Balaban J connectivity index is 3.91. The third-order valence-electron chi connectivity index (χ3n) is 0.963. The van der Waals surface area contributed by atoms with Crippen molar-refractivity contribution in [3.63, 3.8) is 0 Å². The quantitative estimate of drug-likeness (QED) is 0.452. The van der Waals surface area contributed by atoms with E-state index in [9.17, 15) is 10.1 Å². The minimum atomic E-state index is -0.463. The maximum atomic E-state index is 9.82. The second-order valence-electron chi connectivity index (χ2n) is 1.54. The lowest BCUT2D eigenvalue weighted by Gasteiger charge is -1.95. The topological polar surface area (TPSA) is 55.2 Å². The van der Waals surface area contributed by atoms with E-state index in [2.05, 4.69) is 5.32 Å². The number of nitrogens with one attached hydrogen (secondary N) is 1. The number of allylic oxidation sites excluding steroid dienone is 1. The number of nitrogens with zero attached hydrogens (tertiary/aromatic N) is 1. The van der Waals surface area contributed by atoms with E-state index in [-0.39, 0.29) is 0 Å². The average Bonchev–Trinajstić information content (AvgIpc) is 1.82. The van der Waals surface area contributed by atoms with Gasteiger partial charge in [-0.25, -0.2) is 0 Å². The molecule has 0 amide bonds. The summed E-state index contributed by atoms with van der Waals surface area (Å²) in [7, 11) is 1.67. The molecule has 0 atom stereocenters. The summed E-state index contributed by atoms with van der Waals surface area (Å²) in [5, 5.41) is 12.5. The second kappa shape index (κ2) is 3.88. The molecule has 0 spiro atoms. The summed E-state index contributed by atoms with van der Waals surface area (Å²) < 4.78 is 0. The molecular weight excluding hydrogens is 120 g/mol. The Labute approximate surface area is 53.7 Å². The van der Waals surface area contributed by atoms with Gasteiger partial charge in [0.25, 0.3) is 6.20 Å². The van der Waals surface area contributed by atoms with Crippen LogP contribution in [-0.4, -0.2) is 12.0 Å². The van der Waals surface area contributed by atoms with E-state index in [4.69, 9.17) is 0 Å². The van der Waals surface area contributed by atoms with Crippen LogP contribution >= 0.6 is 0 Å². The minimum Gasteiger partial charge on any atom is -0.386 e. The highest BCUT2D eigenvalue weighted by Gasteiger charge is 1.93. The Kier molecular flexibility index (Phi) is 3.43. The standard InChI is InChI=1S/C5H10N2O2/c1-3-5(6-2)4-7(8)9/h4,6H,3H2,1-2H3/b5-4+. The number of hydrogen-bond donors (Lipinski definition) is 1. The van der Waals surface area contributed by atoms with Crippen molar-refractivity contribution < 1.29 is 4.92 Å². The van der Waals surface area contributed by atoms with E-state index in [0.717, 1.165) is 6.20 Å². The van der Waals surface area contributed by atoms with Gasteiger partial charge in [-0.2, -0.15) is 0 Å². The smallest absolute Gasteiger partial charge is 0.253 e. The molecule has 0 heterocycles. The van der Waals surface area contributed by atoms with E-state index >= 15 is 0 Å². The van der Waals surface area contributed by atoms with Crippen LogP contribution in [0, 0.1) is 10.1 Å². The molecule has 0 aliphatic heterocycles. The monoisotopic (exact) mass is 130 g/mol. The highest BCUT2D eigenvalue weighted by atomic mass is 16.6. The van der Waals surface area contributed by atoms with Crippen LogP contribution in [-0.2, 0) is 0 Å². The van der Waals surface area contributed by atoms with Crippen LogP contribution in [0.25, 0.3) is 0 Å². The molecule has 9 heavy (non-hydrogen) atoms. The molecule has 0 aromatic heterocycles. The van der Waals surface area contributed by atoms with Crippen LogP contribution in [0.5, 0.6) is 0 Å². The van der Waals surface area contributed by atoms with Gasteiger partial charge in [-0.3, -0.25) is 10.1 Å². The largest absolute Gasteiger partial charge is 0.386 e. The first-order valence-corrected chi connectivity index (χ1v) is 2.72. The van der Waals surface area contributed by atoms with Crippen molar-refractivity contribution in [1.29, 1.82) is 0 Å². The Morgan fingerprint density at radius 1 is 1.89 bits per heavy atom. The van der Waals surface area contributed by atoms with Crippen LogP contribution in [0.2, 0.25) is 0 Å². The maximum Gasteiger partial charge on any atom is 0.253 e. The zero-order valence-corrected chi connectivity index (χ0v) is 5.55. The Bertz CT molecular complexity index is 125. The Hall–Kier alpha value is -1.06. The van der Waals surface area contributed by atoms with E-state index in [1.54, 1.807) is 7.05 Å². The first kappa shape index (κ1) is 7.94. The molecule has 4 heteroatoms. The summed E-state index contributed by atoms with van der Waals surface area (Å²) in [6.45, 7) is 1.85. The highest BCUT2D eigenvalue weighted by Crippen LogP contribution is 1.92. The van der Waals surface area contributed by atoms with Crippen molar-refractivity contribution >= 4 is 0 Å². The minimum absolute atomic E-state index is 0.463. The molecule has 0 rings (SSSR count). The fourth-order valence-corrected chi connectivity index (χ4v) is 0.460. The van der Waals surface area contributed by atoms with Gasteiger partial charge in [0.2, 0.25) is 0 Å². The van der Waals surface area contributed by atoms with E-state index in [1.165, 1.54) is 0 Å². The average molecular weight is 130 g/mol. The van der Waals surface area contributed by atoms with Crippen molar-refractivity contribution in [2.45, 2.75) is 13.3 Å². The lowest BCUT2D eigenvalue weighted by atomic mass is 10.4. The van der Waals surface area contributed by atoms with Gasteiger partial charge >= 0.3 is 0 Å². The van der Waals surface area contributed by atoms with Crippen LogP contribution in [0.15, 0.2) is 11.9 Å². The van der Waals surface area contributed by atoms with Crippen molar-refractivity contribution in [2.24, 2.45) is 0 Å². The molecule has 0 fully saturated rings. The van der Waals surface area contributed by atoms with Crippen molar-refractivity contribution in [1.82, 2.24) is 5.32 Å². The summed E-state index contributed by atoms with van der Waals surface area (Å²) in [6, 6.07) is 0. The first-order chi connectivity index (χ1) is 4.20. The zero-order chi connectivity index (χ0) is 7.28. The summed E-state index contributed by atoms with van der Waals surface area (Å²) in [6.07, 6.45) is 1.64. The lowest BCUT2D eigenvalue weighted by molar-refractivity contribution is -0.403. The fraction of sp³-hybridized carbons (Fsp3) is 0.600. The predicted octanol–water partition coefficient (Wildman–Crippen LogP) is 0.734. The van der Waals surface area contributed by atoms with Crippen LogP contribution < -0.4 is 5.32 Å². The molecule has 0 unspecified atom stereocenters.